The van der Waals surface area contributed by atoms with E-state index in [9.17, 15) is 0 Å². The zero-order valence-electron chi connectivity index (χ0n) is 9.74. The average Bonchev–Trinajstić information content (AvgIpc) is 2.75. The predicted molar refractivity (Wildman–Crippen MR) is 70.0 cm³/mol. The minimum Gasteiger partial charge on any atom is -0.367 e. The van der Waals surface area contributed by atoms with E-state index in [0.717, 1.165) is 25.1 Å². The van der Waals surface area contributed by atoms with E-state index in [1.807, 2.05) is 13.1 Å². The van der Waals surface area contributed by atoms with E-state index >= 15 is 0 Å². The van der Waals surface area contributed by atoms with E-state index in [2.05, 4.69) is 30.7 Å². The quantitative estimate of drug-likeness (QED) is 0.824. The smallest absolute Gasteiger partial charge is 0.245 e. The van der Waals surface area contributed by atoms with Gasteiger partial charge in [-0.05, 0) is 36.9 Å². The highest BCUT2D eigenvalue weighted by molar-refractivity contribution is 6.32. The normalized spacial score (nSPS) is 10.6. The topological polar surface area (TPSA) is 79.4 Å². The second-order valence-corrected chi connectivity index (χ2v) is 4.47. The van der Waals surface area contributed by atoms with E-state index in [-0.39, 0.29) is 10.4 Å². The maximum Gasteiger partial charge on any atom is 0.245 e. The van der Waals surface area contributed by atoms with E-state index < -0.39 is 0 Å². The van der Waals surface area contributed by atoms with Crippen LogP contribution in [0.2, 0.25) is 10.4 Å². The zero-order chi connectivity index (χ0) is 13.0. The first-order chi connectivity index (χ1) is 8.66. The molecule has 0 atom stereocenters. The number of nitrogens with one attached hydrogen (secondary N) is 2. The molecule has 2 rings (SSSR count). The summed E-state index contributed by atoms with van der Waals surface area (Å²) in [5.41, 5.74) is 2.31. The molecule has 0 spiro atoms. The summed E-state index contributed by atoms with van der Waals surface area (Å²) in [6.07, 6.45) is 3.70. The summed E-state index contributed by atoms with van der Waals surface area (Å²) < 4.78 is 0. The summed E-state index contributed by atoms with van der Waals surface area (Å²) in [4.78, 5) is 3.96. The van der Waals surface area contributed by atoms with Crippen molar-refractivity contribution in [2.45, 2.75) is 19.8 Å². The van der Waals surface area contributed by atoms with Gasteiger partial charge in [0.15, 0.2) is 11.0 Å². The maximum atomic E-state index is 5.83. The Morgan fingerprint density at radius 2 is 2.17 bits per heavy atom. The largest absolute Gasteiger partial charge is 0.367 e. The lowest BCUT2D eigenvalue weighted by atomic mass is 10.1. The lowest BCUT2D eigenvalue weighted by molar-refractivity contribution is 0.847. The number of rotatable bonds is 5. The van der Waals surface area contributed by atoms with Crippen molar-refractivity contribution in [3.8, 4) is 0 Å². The molecule has 8 heteroatoms. The fraction of sp³-hybridized carbons (Fsp3) is 0.400. The molecule has 2 aromatic rings. The molecular weight excluding hydrogens is 275 g/mol. The monoisotopic (exact) mass is 286 g/mol. The molecule has 0 aliphatic rings. The minimum absolute atomic E-state index is 0.0765. The Morgan fingerprint density at radius 1 is 1.33 bits per heavy atom. The minimum atomic E-state index is 0.0765. The second kappa shape index (κ2) is 5.97. The number of hydrogen-bond acceptors (Lipinski definition) is 5. The van der Waals surface area contributed by atoms with Crippen molar-refractivity contribution in [1.29, 1.82) is 0 Å². The third kappa shape index (κ3) is 3.30. The predicted octanol–water partition coefficient (Wildman–Crippen LogP) is 2.25. The highest BCUT2D eigenvalue weighted by Crippen LogP contribution is 2.16. The van der Waals surface area contributed by atoms with Crippen molar-refractivity contribution in [2.24, 2.45) is 0 Å². The molecule has 0 amide bonds. The Morgan fingerprint density at radius 3 is 2.89 bits per heavy atom. The van der Waals surface area contributed by atoms with Crippen LogP contribution in [0.1, 0.15) is 17.7 Å². The lowest BCUT2D eigenvalue weighted by Gasteiger charge is -2.05. The Labute approximate surface area is 114 Å². The van der Waals surface area contributed by atoms with E-state index in [0.29, 0.717) is 5.82 Å². The number of H-pyrrole nitrogens is 1. The van der Waals surface area contributed by atoms with Crippen molar-refractivity contribution in [3.05, 3.63) is 27.9 Å². The summed E-state index contributed by atoms with van der Waals surface area (Å²) in [5, 5.41) is 17.5. The summed E-state index contributed by atoms with van der Waals surface area (Å²) in [5.74, 6) is 0.459. The first-order valence-electron chi connectivity index (χ1n) is 5.45. The van der Waals surface area contributed by atoms with E-state index in [1.54, 1.807) is 0 Å². The van der Waals surface area contributed by atoms with E-state index in [1.165, 1.54) is 5.56 Å². The number of aromatic amines is 1. The van der Waals surface area contributed by atoms with Gasteiger partial charge in [0.1, 0.15) is 0 Å². The van der Waals surface area contributed by atoms with Gasteiger partial charge in [0.05, 0.1) is 6.20 Å². The molecule has 0 fully saturated rings. The van der Waals surface area contributed by atoms with Crippen LogP contribution < -0.4 is 5.32 Å². The van der Waals surface area contributed by atoms with Gasteiger partial charge in [-0.25, -0.2) is 0 Å². The number of aromatic nitrogens is 5. The number of anilines is 1. The van der Waals surface area contributed by atoms with Gasteiger partial charge in [0.25, 0.3) is 0 Å². The van der Waals surface area contributed by atoms with Crippen LogP contribution in [0.25, 0.3) is 0 Å². The van der Waals surface area contributed by atoms with Crippen LogP contribution in [0, 0.1) is 6.92 Å². The molecule has 0 radical (unpaired) electrons. The highest BCUT2D eigenvalue weighted by atomic mass is 35.5. The van der Waals surface area contributed by atoms with Crippen LogP contribution in [0.3, 0.4) is 0 Å². The summed E-state index contributed by atoms with van der Waals surface area (Å²) in [6, 6.07) is 0. The van der Waals surface area contributed by atoms with Gasteiger partial charge in [0, 0.05) is 12.2 Å². The summed E-state index contributed by atoms with van der Waals surface area (Å²) in [6.45, 7) is 2.72. The molecular formula is C10H12Cl2N6. The Balaban J connectivity index is 1.82. The van der Waals surface area contributed by atoms with Gasteiger partial charge < -0.3 is 5.32 Å². The highest BCUT2D eigenvalue weighted by Gasteiger charge is 2.05. The van der Waals surface area contributed by atoms with Crippen LogP contribution >= 0.6 is 23.2 Å². The number of nitrogens with zero attached hydrogens (tertiary/aromatic N) is 4. The summed E-state index contributed by atoms with van der Waals surface area (Å²) in [7, 11) is 0. The molecule has 0 aromatic carbocycles. The Hall–Kier alpha value is -1.40. The van der Waals surface area contributed by atoms with Crippen molar-refractivity contribution < 1.29 is 0 Å². The van der Waals surface area contributed by atoms with E-state index in [4.69, 9.17) is 23.2 Å². The van der Waals surface area contributed by atoms with Crippen LogP contribution in [0.5, 0.6) is 0 Å². The standard InChI is InChI=1S/C10H12Cl2N6/c1-6-7(5-14-16-6)3-2-4-13-9-8(11)17-18-10(12)15-9/h5H,2-4H2,1H3,(H,14,16)(H,13,15,18). The molecule has 0 saturated heterocycles. The first kappa shape index (κ1) is 13.0. The molecule has 0 unspecified atom stereocenters. The molecule has 0 saturated carbocycles. The van der Waals surface area contributed by atoms with Crippen molar-refractivity contribution in [3.63, 3.8) is 0 Å². The third-order valence-electron chi connectivity index (χ3n) is 2.47. The van der Waals surface area contributed by atoms with Crippen molar-refractivity contribution in [2.75, 3.05) is 11.9 Å². The molecule has 18 heavy (non-hydrogen) atoms. The SMILES string of the molecule is Cc1[nH]ncc1CCCNc1nc(Cl)nnc1Cl. The second-order valence-electron chi connectivity index (χ2n) is 3.77. The number of halogens is 2. The number of aryl methyl sites for hydroxylation is 2. The van der Waals surface area contributed by atoms with Gasteiger partial charge in [-0.3, -0.25) is 5.10 Å². The van der Waals surface area contributed by atoms with Gasteiger partial charge in [-0.15, -0.1) is 10.2 Å². The number of hydrogen-bond donors (Lipinski definition) is 2. The lowest BCUT2D eigenvalue weighted by Crippen LogP contribution is -2.07. The maximum absolute atomic E-state index is 5.83. The van der Waals surface area contributed by atoms with Gasteiger partial charge in [0.2, 0.25) is 5.28 Å². The van der Waals surface area contributed by atoms with Crippen LogP contribution in [0.15, 0.2) is 6.20 Å². The fourth-order valence-corrected chi connectivity index (χ4v) is 1.79. The van der Waals surface area contributed by atoms with Crippen LogP contribution in [-0.2, 0) is 6.42 Å². The van der Waals surface area contributed by atoms with Crippen molar-refractivity contribution in [1.82, 2.24) is 25.4 Å². The first-order valence-corrected chi connectivity index (χ1v) is 6.21. The van der Waals surface area contributed by atoms with Gasteiger partial charge in [-0.2, -0.15) is 10.1 Å². The molecule has 0 aliphatic carbocycles. The Kier molecular flexibility index (Phi) is 4.33. The Bertz CT molecular complexity index is 527. The third-order valence-corrected chi connectivity index (χ3v) is 2.88. The molecule has 0 aliphatic heterocycles. The van der Waals surface area contributed by atoms with Gasteiger partial charge in [-0.1, -0.05) is 11.6 Å². The molecule has 2 heterocycles. The van der Waals surface area contributed by atoms with Crippen molar-refractivity contribution >= 4 is 29.0 Å². The van der Waals surface area contributed by atoms with Crippen LogP contribution in [0.4, 0.5) is 5.82 Å². The molecule has 2 N–H and O–H groups in total. The summed E-state index contributed by atoms with van der Waals surface area (Å²) >= 11 is 11.5. The fourth-order valence-electron chi connectivity index (χ4n) is 1.52. The van der Waals surface area contributed by atoms with Gasteiger partial charge >= 0.3 is 0 Å². The molecule has 96 valence electrons. The molecule has 6 nitrogen and oxygen atoms in total. The molecule has 2 aromatic heterocycles. The van der Waals surface area contributed by atoms with Crippen LogP contribution in [-0.4, -0.2) is 31.9 Å². The average molecular weight is 287 g/mol. The zero-order valence-corrected chi connectivity index (χ0v) is 11.3. The molecule has 0 bridgehead atoms.